The maximum absolute atomic E-state index is 15.2. The Hall–Kier alpha value is -3.63. The zero-order valence-electron chi connectivity index (χ0n) is 22.2. The number of halogens is 1. The van der Waals surface area contributed by atoms with Gasteiger partial charge in [-0.05, 0) is 91.3 Å². The van der Waals surface area contributed by atoms with Gasteiger partial charge >= 0.3 is 0 Å². The fourth-order valence-electron chi connectivity index (χ4n) is 4.64. The predicted molar refractivity (Wildman–Crippen MR) is 157 cm³/mol. The van der Waals surface area contributed by atoms with Crippen molar-refractivity contribution in [3.63, 3.8) is 0 Å². The first-order valence-corrected chi connectivity index (χ1v) is 13.7. The van der Waals surface area contributed by atoms with E-state index in [0.29, 0.717) is 10.9 Å². The van der Waals surface area contributed by atoms with Crippen molar-refractivity contribution in [2.45, 2.75) is 65.2 Å². The first-order chi connectivity index (χ1) is 18.2. The molecule has 0 N–H and O–H groups in total. The molecule has 0 aromatic heterocycles. The summed E-state index contributed by atoms with van der Waals surface area (Å²) in [6, 6.07) is 27.1. The Balaban J connectivity index is 1.39. The molecule has 0 heterocycles. The minimum Gasteiger partial charge on any atom is -0.205 e. The van der Waals surface area contributed by atoms with Crippen LogP contribution in [0.5, 0.6) is 0 Å². The van der Waals surface area contributed by atoms with Crippen molar-refractivity contribution in [2.75, 3.05) is 0 Å². The molecule has 4 aromatic rings. The lowest BCUT2D eigenvalue weighted by molar-refractivity contribution is 0.636. The molecule has 37 heavy (non-hydrogen) atoms. The molecule has 0 unspecified atom stereocenters. The van der Waals surface area contributed by atoms with Crippen LogP contribution in [0.2, 0.25) is 0 Å². The lowest BCUT2D eigenvalue weighted by Gasteiger charge is -2.07. The number of rotatable bonds is 10. The van der Waals surface area contributed by atoms with Crippen molar-refractivity contribution in [1.82, 2.24) is 0 Å². The third-order valence-electron chi connectivity index (χ3n) is 6.94. The average molecular weight is 489 g/mol. The predicted octanol–water partition coefficient (Wildman–Crippen LogP) is 9.41. The van der Waals surface area contributed by atoms with Gasteiger partial charge in [-0.3, -0.25) is 0 Å². The number of allylic oxidation sites excluding steroid dienone is 2. The number of unbranched alkanes of at least 4 members (excludes halogenated alkanes) is 2. The standard InChI is InChI=1S/C36H37F/c1-3-5-7-9-28-11-15-30(16-12-28)19-20-32-22-26-35-34(27-32)25-24-33(36(35)37)23-21-31-17-13-29(14-18-31)10-8-6-4-2/h3,5,11-18,22,24-27H,4,6-10,19-20H2,1-2H3/b5-3+. The van der Waals surface area contributed by atoms with Crippen LogP contribution in [0.15, 0.2) is 91.0 Å². The summed E-state index contributed by atoms with van der Waals surface area (Å²) in [6.07, 6.45) is 13.2. The Morgan fingerprint density at radius 1 is 0.676 bits per heavy atom. The fourth-order valence-corrected chi connectivity index (χ4v) is 4.64. The average Bonchev–Trinajstić information content (AvgIpc) is 2.93. The van der Waals surface area contributed by atoms with Gasteiger partial charge in [0.25, 0.3) is 0 Å². The third kappa shape index (κ3) is 7.68. The van der Waals surface area contributed by atoms with Crippen molar-refractivity contribution in [3.05, 3.63) is 130 Å². The number of aryl methyl sites for hydroxylation is 4. The Morgan fingerprint density at radius 2 is 1.32 bits per heavy atom. The first kappa shape index (κ1) is 26.4. The second-order valence-electron chi connectivity index (χ2n) is 9.81. The van der Waals surface area contributed by atoms with Crippen LogP contribution in [-0.4, -0.2) is 0 Å². The summed E-state index contributed by atoms with van der Waals surface area (Å²) in [5.41, 5.74) is 6.63. The van der Waals surface area contributed by atoms with Crippen molar-refractivity contribution >= 4 is 10.8 Å². The summed E-state index contributed by atoms with van der Waals surface area (Å²) in [6.45, 7) is 4.28. The fraction of sp³-hybridized carbons (Fsp3) is 0.278. The van der Waals surface area contributed by atoms with Crippen molar-refractivity contribution < 1.29 is 4.39 Å². The molecule has 0 aliphatic carbocycles. The smallest absolute Gasteiger partial charge is 0.146 e. The zero-order valence-corrected chi connectivity index (χ0v) is 22.2. The van der Waals surface area contributed by atoms with Gasteiger partial charge in [0.1, 0.15) is 5.82 Å². The Labute approximate surface area is 222 Å². The third-order valence-corrected chi connectivity index (χ3v) is 6.94. The van der Waals surface area contributed by atoms with Crippen LogP contribution in [0.3, 0.4) is 0 Å². The Bertz CT molecular complexity index is 1380. The second-order valence-corrected chi connectivity index (χ2v) is 9.81. The normalized spacial score (nSPS) is 11.1. The van der Waals surface area contributed by atoms with Gasteiger partial charge in [0.2, 0.25) is 0 Å². The van der Waals surface area contributed by atoms with Crippen LogP contribution in [0, 0.1) is 17.7 Å². The van der Waals surface area contributed by atoms with E-state index < -0.39 is 0 Å². The van der Waals surface area contributed by atoms with Gasteiger partial charge in [-0.15, -0.1) is 0 Å². The van der Waals surface area contributed by atoms with E-state index in [2.05, 4.69) is 80.3 Å². The molecule has 4 aromatic carbocycles. The maximum atomic E-state index is 15.2. The summed E-state index contributed by atoms with van der Waals surface area (Å²) in [5, 5.41) is 1.56. The van der Waals surface area contributed by atoms with E-state index in [1.807, 2.05) is 30.3 Å². The Kier molecular flexibility index (Phi) is 9.73. The second kappa shape index (κ2) is 13.6. The van der Waals surface area contributed by atoms with E-state index in [9.17, 15) is 0 Å². The summed E-state index contributed by atoms with van der Waals surface area (Å²) >= 11 is 0. The first-order valence-electron chi connectivity index (χ1n) is 13.7. The zero-order chi connectivity index (χ0) is 25.9. The monoisotopic (exact) mass is 488 g/mol. The van der Waals surface area contributed by atoms with Gasteiger partial charge in [-0.1, -0.05) is 104 Å². The van der Waals surface area contributed by atoms with Crippen molar-refractivity contribution in [3.8, 4) is 11.8 Å². The molecule has 0 saturated carbocycles. The van der Waals surface area contributed by atoms with Gasteiger partial charge in [0.05, 0.1) is 5.56 Å². The van der Waals surface area contributed by atoms with Crippen LogP contribution in [0.1, 0.15) is 72.9 Å². The molecule has 0 bridgehead atoms. The molecule has 0 saturated heterocycles. The molecule has 0 aliphatic rings. The molecule has 1 heteroatoms. The topological polar surface area (TPSA) is 0 Å². The lowest BCUT2D eigenvalue weighted by atomic mass is 9.98. The highest BCUT2D eigenvalue weighted by molar-refractivity contribution is 5.85. The largest absolute Gasteiger partial charge is 0.205 e. The SMILES string of the molecule is C/C=C/CCc1ccc(CCc2ccc3c(F)c(C#Cc4ccc(CCCCC)cc4)ccc3c2)cc1. The van der Waals surface area contributed by atoms with Gasteiger partial charge in [-0.25, -0.2) is 4.39 Å². The van der Waals surface area contributed by atoms with Crippen molar-refractivity contribution in [2.24, 2.45) is 0 Å². The minimum absolute atomic E-state index is 0.235. The molecule has 4 rings (SSSR count). The molecule has 0 nitrogen and oxygen atoms in total. The van der Waals surface area contributed by atoms with Crippen molar-refractivity contribution in [1.29, 1.82) is 0 Å². The molecule has 0 radical (unpaired) electrons. The molecule has 0 spiro atoms. The van der Waals surface area contributed by atoms with Crippen LogP contribution >= 0.6 is 0 Å². The van der Waals surface area contributed by atoms with Gasteiger partial charge in [0, 0.05) is 10.9 Å². The minimum atomic E-state index is -0.235. The van der Waals surface area contributed by atoms with E-state index in [-0.39, 0.29) is 5.82 Å². The Morgan fingerprint density at radius 3 is 2.05 bits per heavy atom. The number of hydrogen-bond donors (Lipinski definition) is 0. The molecule has 0 aliphatic heterocycles. The molecular formula is C36H37F. The van der Waals surface area contributed by atoms with Crippen LogP contribution in [-0.2, 0) is 25.7 Å². The van der Waals surface area contributed by atoms with Crippen LogP contribution in [0.25, 0.3) is 10.8 Å². The number of hydrogen-bond acceptors (Lipinski definition) is 0. The van der Waals surface area contributed by atoms with E-state index in [4.69, 9.17) is 0 Å². The molecule has 188 valence electrons. The molecular weight excluding hydrogens is 451 g/mol. The number of benzene rings is 4. The summed E-state index contributed by atoms with van der Waals surface area (Å²) in [7, 11) is 0. The lowest BCUT2D eigenvalue weighted by Crippen LogP contribution is -1.94. The molecule has 0 amide bonds. The van der Waals surface area contributed by atoms with Gasteiger partial charge < -0.3 is 0 Å². The van der Waals surface area contributed by atoms with Crippen LogP contribution in [0.4, 0.5) is 4.39 Å². The number of fused-ring (bicyclic) bond motifs is 1. The maximum Gasteiger partial charge on any atom is 0.146 e. The summed E-state index contributed by atoms with van der Waals surface area (Å²) in [5.74, 6) is 5.95. The summed E-state index contributed by atoms with van der Waals surface area (Å²) < 4.78 is 15.2. The van der Waals surface area contributed by atoms with E-state index in [1.54, 1.807) is 6.07 Å². The van der Waals surface area contributed by atoms with E-state index in [0.717, 1.165) is 43.1 Å². The summed E-state index contributed by atoms with van der Waals surface area (Å²) in [4.78, 5) is 0. The highest BCUT2D eigenvalue weighted by Gasteiger charge is 2.07. The van der Waals surface area contributed by atoms with Gasteiger partial charge in [-0.2, -0.15) is 0 Å². The van der Waals surface area contributed by atoms with Crippen LogP contribution < -0.4 is 0 Å². The van der Waals surface area contributed by atoms with Gasteiger partial charge in [0.15, 0.2) is 0 Å². The quantitative estimate of drug-likeness (QED) is 0.118. The van der Waals surface area contributed by atoms with E-state index in [1.165, 1.54) is 41.5 Å². The molecule has 0 fully saturated rings. The highest BCUT2D eigenvalue weighted by Crippen LogP contribution is 2.23. The van der Waals surface area contributed by atoms with E-state index >= 15 is 4.39 Å². The highest BCUT2D eigenvalue weighted by atomic mass is 19.1. The molecule has 0 atom stereocenters.